The Kier molecular flexibility index (Phi) is 6.28. The lowest BCUT2D eigenvalue weighted by molar-refractivity contribution is -0.174. The molecule has 4 nitrogen and oxygen atoms in total. The van der Waals surface area contributed by atoms with Gasteiger partial charge >= 0.3 is 12.1 Å². The molecule has 0 heterocycles. The number of aromatic carboxylic acids is 1. The molecule has 0 unspecified atom stereocenters. The van der Waals surface area contributed by atoms with Crippen molar-refractivity contribution in [3.63, 3.8) is 0 Å². The monoisotopic (exact) mass is 356 g/mol. The van der Waals surface area contributed by atoms with Crippen molar-refractivity contribution < 1.29 is 32.5 Å². The summed E-state index contributed by atoms with van der Waals surface area (Å²) in [6, 6.07) is 4.24. The molecule has 0 saturated carbocycles. The zero-order chi connectivity index (χ0) is 15.2. The molecule has 0 bridgehead atoms. The molecule has 8 heteroatoms. The van der Waals surface area contributed by atoms with E-state index in [0.717, 1.165) is 0 Å². The van der Waals surface area contributed by atoms with Gasteiger partial charge in [0, 0.05) is 6.42 Å². The van der Waals surface area contributed by atoms with Crippen LogP contribution in [0.5, 0.6) is 5.75 Å². The molecule has 0 aromatic heterocycles. The SMILES string of the molecule is O=C(O)c1ccc(OCCCOCC(F)(F)F)c(Br)c1. The van der Waals surface area contributed by atoms with Crippen molar-refractivity contribution in [1.82, 2.24) is 0 Å². The average Bonchev–Trinajstić information content (AvgIpc) is 2.33. The van der Waals surface area contributed by atoms with Crippen LogP contribution in [0.1, 0.15) is 16.8 Å². The van der Waals surface area contributed by atoms with Crippen LogP contribution in [0, 0.1) is 0 Å². The van der Waals surface area contributed by atoms with Gasteiger partial charge in [0.25, 0.3) is 0 Å². The lowest BCUT2D eigenvalue weighted by Crippen LogP contribution is -2.18. The molecule has 1 rings (SSSR count). The lowest BCUT2D eigenvalue weighted by Gasteiger charge is -2.10. The normalized spacial score (nSPS) is 11.4. The number of hydrogen-bond donors (Lipinski definition) is 1. The van der Waals surface area contributed by atoms with E-state index in [1.54, 1.807) is 0 Å². The highest BCUT2D eigenvalue weighted by Crippen LogP contribution is 2.26. The molecule has 0 aliphatic rings. The van der Waals surface area contributed by atoms with Crippen molar-refractivity contribution in [2.75, 3.05) is 19.8 Å². The molecule has 20 heavy (non-hydrogen) atoms. The maximum Gasteiger partial charge on any atom is 0.411 e. The summed E-state index contributed by atoms with van der Waals surface area (Å²) in [5.41, 5.74) is 0.109. The molecule has 0 spiro atoms. The summed E-state index contributed by atoms with van der Waals surface area (Å²) in [4.78, 5) is 10.7. The first-order valence-electron chi connectivity index (χ1n) is 5.60. The van der Waals surface area contributed by atoms with E-state index in [1.165, 1.54) is 18.2 Å². The summed E-state index contributed by atoms with van der Waals surface area (Å²) in [7, 11) is 0. The van der Waals surface area contributed by atoms with E-state index in [9.17, 15) is 18.0 Å². The predicted octanol–water partition coefficient (Wildman–Crippen LogP) is 3.50. The molecule has 1 aromatic rings. The van der Waals surface area contributed by atoms with Gasteiger partial charge in [-0.1, -0.05) is 0 Å². The van der Waals surface area contributed by atoms with E-state index in [4.69, 9.17) is 9.84 Å². The summed E-state index contributed by atoms with van der Waals surface area (Å²) in [6.07, 6.45) is -4.03. The number of alkyl halides is 3. The van der Waals surface area contributed by atoms with Gasteiger partial charge in [0.15, 0.2) is 0 Å². The van der Waals surface area contributed by atoms with Crippen LogP contribution in [0.4, 0.5) is 13.2 Å². The van der Waals surface area contributed by atoms with Gasteiger partial charge in [0.05, 0.1) is 23.2 Å². The minimum atomic E-state index is -4.32. The highest BCUT2D eigenvalue weighted by atomic mass is 79.9. The number of benzene rings is 1. The van der Waals surface area contributed by atoms with Crippen molar-refractivity contribution in [3.8, 4) is 5.75 Å². The van der Waals surface area contributed by atoms with Crippen LogP contribution < -0.4 is 4.74 Å². The van der Waals surface area contributed by atoms with Gasteiger partial charge in [-0.3, -0.25) is 0 Å². The molecule has 0 fully saturated rings. The van der Waals surface area contributed by atoms with Gasteiger partial charge in [-0.25, -0.2) is 4.79 Å². The Morgan fingerprint density at radius 3 is 2.55 bits per heavy atom. The first-order chi connectivity index (χ1) is 9.29. The maximum atomic E-state index is 11.8. The third-order valence-electron chi connectivity index (χ3n) is 2.14. The van der Waals surface area contributed by atoms with E-state index < -0.39 is 18.8 Å². The van der Waals surface area contributed by atoms with E-state index >= 15 is 0 Å². The second kappa shape index (κ2) is 7.49. The summed E-state index contributed by atoms with van der Waals surface area (Å²) < 4.78 is 45.5. The Balaban J connectivity index is 2.31. The molecule has 0 aliphatic carbocycles. The van der Waals surface area contributed by atoms with Gasteiger partial charge in [-0.15, -0.1) is 0 Å². The fraction of sp³-hybridized carbons (Fsp3) is 0.417. The number of carboxylic acids is 1. The molecule has 1 N–H and O–H groups in total. The fourth-order valence-electron chi connectivity index (χ4n) is 1.28. The molecule has 0 atom stereocenters. The smallest absolute Gasteiger partial charge is 0.411 e. The molecule has 112 valence electrons. The predicted molar refractivity (Wildman–Crippen MR) is 68.1 cm³/mol. The van der Waals surface area contributed by atoms with Crippen molar-refractivity contribution in [1.29, 1.82) is 0 Å². The largest absolute Gasteiger partial charge is 0.492 e. The Morgan fingerprint density at radius 1 is 1.30 bits per heavy atom. The average molecular weight is 357 g/mol. The fourth-order valence-corrected chi connectivity index (χ4v) is 1.78. The van der Waals surface area contributed by atoms with Gasteiger partial charge in [-0.05, 0) is 34.1 Å². The number of hydrogen-bond acceptors (Lipinski definition) is 3. The summed E-state index contributed by atoms with van der Waals surface area (Å²) in [6.45, 7) is -1.17. The number of ether oxygens (including phenoxy) is 2. The van der Waals surface area contributed by atoms with Crippen molar-refractivity contribution in [2.45, 2.75) is 12.6 Å². The zero-order valence-electron chi connectivity index (χ0n) is 10.2. The minimum absolute atomic E-state index is 0.0651. The molecular formula is C12H12BrF3O4. The van der Waals surface area contributed by atoms with Crippen LogP contribution in [0.2, 0.25) is 0 Å². The van der Waals surface area contributed by atoms with Gasteiger partial charge in [0.1, 0.15) is 12.4 Å². The second-order valence-corrected chi connectivity index (χ2v) is 4.67. The van der Waals surface area contributed by atoms with Crippen molar-refractivity contribution in [2.24, 2.45) is 0 Å². The van der Waals surface area contributed by atoms with E-state index in [2.05, 4.69) is 20.7 Å². The van der Waals surface area contributed by atoms with E-state index in [-0.39, 0.29) is 18.8 Å². The van der Waals surface area contributed by atoms with Gasteiger partial charge in [-0.2, -0.15) is 13.2 Å². The van der Waals surface area contributed by atoms with Crippen LogP contribution in [0.25, 0.3) is 0 Å². The summed E-state index contributed by atoms with van der Waals surface area (Å²) in [5, 5.41) is 8.77. The molecule has 0 aliphatic heterocycles. The van der Waals surface area contributed by atoms with E-state index in [1.807, 2.05) is 0 Å². The highest BCUT2D eigenvalue weighted by Gasteiger charge is 2.27. The van der Waals surface area contributed by atoms with Crippen molar-refractivity contribution >= 4 is 21.9 Å². The molecule has 1 aromatic carbocycles. The van der Waals surface area contributed by atoms with E-state index in [0.29, 0.717) is 16.6 Å². The van der Waals surface area contributed by atoms with Gasteiger partial charge < -0.3 is 14.6 Å². The molecule has 0 saturated heterocycles. The maximum absolute atomic E-state index is 11.8. The standard InChI is InChI=1S/C12H12BrF3O4/c13-9-6-8(11(17)18)2-3-10(9)20-5-1-4-19-7-12(14,15)16/h2-3,6H,1,4-5,7H2,(H,17,18). The van der Waals surface area contributed by atoms with Gasteiger partial charge in [0.2, 0.25) is 0 Å². The minimum Gasteiger partial charge on any atom is -0.492 e. The van der Waals surface area contributed by atoms with Crippen molar-refractivity contribution in [3.05, 3.63) is 28.2 Å². The zero-order valence-corrected chi connectivity index (χ0v) is 11.8. The summed E-state index contributed by atoms with van der Waals surface area (Å²) >= 11 is 3.16. The Bertz CT molecular complexity index is 463. The first-order valence-corrected chi connectivity index (χ1v) is 6.39. The van der Waals surface area contributed by atoms with Crippen LogP contribution >= 0.6 is 15.9 Å². The topological polar surface area (TPSA) is 55.8 Å². The second-order valence-electron chi connectivity index (χ2n) is 3.82. The Hall–Kier alpha value is -1.28. The Labute approximate surface area is 121 Å². The van der Waals surface area contributed by atoms with Crippen LogP contribution in [-0.4, -0.2) is 37.1 Å². The highest BCUT2D eigenvalue weighted by molar-refractivity contribution is 9.10. The molecule has 0 amide bonds. The van der Waals surface area contributed by atoms with Crippen LogP contribution in [-0.2, 0) is 4.74 Å². The summed E-state index contributed by atoms with van der Waals surface area (Å²) in [5.74, 6) is -0.636. The number of rotatable bonds is 7. The molecule has 0 radical (unpaired) electrons. The molecular weight excluding hydrogens is 345 g/mol. The van der Waals surface area contributed by atoms with Crippen LogP contribution in [0.3, 0.4) is 0 Å². The number of carboxylic acid groups (broad SMARTS) is 1. The third kappa shape index (κ3) is 6.25. The quantitative estimate of drug-likeness (QED) is 0.759. The lowest BCUT2D eigenvalue weighted by atomic mass is 10.2. The number of carbonyl (C=O) groups is 1. The van der Waals surface area contributed by atoms with Crippen LogP contribution in [0.15, 0.2) is 22.7 Å². The third-order valence-corrected chi connectivity index (χ3v) is 2.75. The number of halogens is 4. The first kappa shape index (κ1) is 16.8. The Morgan fingerprint density at radius 2 is 2.00 bits per heavy atom.